The van der Waals surface area contributed by atoms with Gasteiger partial charge in [0.25, 0.3) is 10.0 Å². The smallest absolute Gasteiger partial charge is 0.260 e. The molecule has 0 bridgehead atoms. The summed E-state index contributed by atoms with van der Waals surface area (Å²) in [4.78, 5) is 3.94. The largest absolute Gasteiger partial charge is 0.316 e. The molecule has 7 nitrogen and oxygen atoms in total. The van der Waals surface area contributed by atoms with Gasteiger partial charge in [0.15, 0.2) is 5.03 Å². The molecule has 0 amide bonds. The fourth-order valence-electron chi connectivity index (χ4n) is 1.79. The lowest BCUT2D eigenvalue weighted by molar-refractivity contribution is 0.574. The molecule has 3 N–H and O–H groups in total. The molecule has 2 aromatic heterocycles. The summed E-state index contributed by atoms with van der Waals surface area (Å²) in [6, 6.07) is 3.56. The van der Waals surface area contributed by atoms with Gasteiger partial charge in [0.05, 0.1) is 0 Å². The van der Waals surface area contributed by atoms with Crippen molar-refractivity contribution >= 4 is 10.0 Å². The van der Waals surface area contributed by atoms with Gasteiger partial charge >= 0.3 is 0 Å². The van der Waals surface area contributed by atoms with Crippen LogP contribution in [-0.2, 0) is 23.1 Å². The minimum Gasteiger partial charge on any atom is -0.316 e. The van der Waals surface area contributed by atoms with Crippen LogP contribution < -0.4 is 10.0 Å². The van der Waals surface area contributed by atoms with E-state index in [1.54, 1.807) is 38.5 Å². The highest BCUT2D eigenvalue weighted by Crippen LogP contribution is 2.16. The Kier molecular flexibility index (Phi) is 4.48. The van der Waals surface area contributed by atoms with E-state index in [2.05, 4.69) is 25.2 Å². The van der Waals surface area contributed by atoms with Gasteiger partial charge in [-0.1, -0.05) is 6.07 Å². The Labute approximate surface area is 117 Å². The van der Waals surface area contributed by atoms with Gasteiger partial charge in [-0.15, -0.1) is 0 Å². The van der Waals surface area contributed by atoms with E-state index in [4.69, 9.17) is 0 Å². The van der Waals surface area contributed by atoms with Crippen LogP contribution in [0.5, 0.6) is 0 Å². The highest BCUT2D eigenvalue weighted by Gasteiger charge is 2.23. The lowest BCUT2D eigenvalue weighted by atomic mass is 10.3. The molecule has 108 valence electrons. The van der Waals surface area contributed by atoms with E-state index in [0.717, 1.165) is 11.3 Å². The average molecular weight is 295 g/mol. The predicted molar refractivity (Wildman–Crippen MR) is 74.4 cm³/mol. The lowest BCUT2D eigenvalue weighted by Gasteiger charge is -2.06. The van der Waals surface area contributed by atoms with E-state index in [9.17, 15) is 8.42 Å². The third-order valence-electron chi connectivity index (χ3n) is 2.83. The number of sulfonamides is 1. The maximum atomic E-state index is 12.3. The lowest BCUT2D eigenvalue weighted by Crippen LogP contribution is -2.25. The van der Waals surface area contributed by atoms with Crippen molar-refractivity contribution in [3.63, 3.8) is 0 Å². The molecule has 0 aromatic carbocycles. The van der Waals surface area contributed by atoms with E-state index in [-0.39, 0.29) is 11.6 Å². The molecule has 0 saturated carbocycles. The van der Waals surface area contributed by atoms with Crippen LogP contribution >= 0.6 is 0 Å². The van der Waals surface area contributed by atoms with Gasteiger partial charge < -0.3 is 5.32 Å². The highest BCUT2D eigenvalue weighted by atomic mass is 32.2. The molecule has 2 aromatic rings. The van der Waals surface area contributed by atoms with Crippen molar-refractivity contribution in [1.29, 1.82) is 0 Å². The summed E-state index contributed by atoms with van der Waals surface area (Å²) in [6.45, 7) is 2.41. The predicted octanol–water partition coefficient (Wildman–Crippen LogP) is 0.311. The zero-order valence-electron chi connectivity index (χ0n) is 11.3. The molecular formula is C12H17N5O2S. The number of aromatic nitrogens is 3. The Balaban J connectivity index is 2.18. The van der Waals surface area contributed by atoms with Gasteiger partial charge in [-0.3, -0.25) is 10.1 Å². The minimum atomic E-state index is -3.65. The standard InChI is InChI=1S/C12H17N5O2S/c1-9-11(8-13-2)12(17-16-9)20(18,19)15-7-10-4-3-5-14-6-10/h3-6,13,15H,7-8H2,1-2H3,(H,16,17). The molecule has 8 heteroatoms. The number of aryl methyl sites for hydroxylation is 1. The summed E-state index contributed by atoms with van der Waals surface area (Å²) in [6.07, 6.45) is 3.26. The molecule has 0 saturated heterocycles. The van der Waals surface area contributed by atoms with Crippen molar-refractivity contribution in [2.24, 2.45) is 0 Å². The minimum absolute atomic E-state index is 0.0354. The molecule has 0 radical (unpaired) electrons. The number of nitrogens with zero attached hydrogens (tertiary/aromatic N) is 2. The summed E-state index contributed by atoms with van der Waals surface area (Å²) in [5.74, 6) is 0. The van der Waals surface area contributed by atoms with Crippen molar-refractivity contribution in [3.8, 4) is 0 Å². The third-order valence-corrected chi connectivity index (χ3v) is 4.20. The number of hydrogen-bond donors (Lipinski definition) is 3. The van der Waals surface area contributed by atoms with Gasteiger partial charge in [0.2, 0.25) is 0 Å². The topological polar surface area (TPSA) is 99.8 Å². The first-order valence-corrected chi connectivity index (χ1v) is 7.60. The monoisotopic (exact) mass is 295 g/mol. The normalized spacial score (nSPS) is 11.7. The summed E-state index contributed by atoms with van der Waals surface area (Å²) < 4.78 is 27.1. The molecule has 2 rings (SSSR count). The van der Waals surface area contributed by atoms with Crippen molar-refractivity contribution in [3.05, 3.63) is 41.3 Å². The molecular weight excluding hydrogens is 278 g/mol. The Hall–Kier alpha value is -1.77. The molecule has 0 fully saturated rings. The Morgan fingerprint density at radius 3 is 2.80 bits per heavy atom. The zero-order valence-corrected chi connectivity index (χ0v) is 12.2. The van der Waals surface area contributed by atoms with Crippen LogP contribution in [0.25, 0.3) is 0 Å². The van der Waals surface area contributed by atoms with E-state index in [0.29, 0.717) is 12.1 Å². The quantitative estimate of drug-likeness (QED) is 0.712. The molecule has 20 heavy (non-hydrogen) atoms. The number of rotatable bonds is 6. The van der Waals surface area contributed by atoms with Crippen molar-refractivity contribution in [2.75, 3.05) is 7.05 Å². The molecule has 0 aliphatic carbocycles. The SMILES string of the molecule is CNCc1c(S(=O)(=O)NCc2cccnc2)n[nH]c1C. The first-order chi connectivity index (χ1) is 9.54. The van der Waals surface area contributed by atoms with Crippen LogP contribution in [0.2, 0.25) is 0 Å². The van der Waals surface area contributed by atoms with Crippen LogP contribution in [0, 0.1) is 6.92 Å². The maximum Gasteiger partial charge on any atom is 0.260 e. The first-order valence-electron chi connectivity index (χ1n) is 6.11. The molecule has 0 spiro atoms. The van der Waals surface area contributed by atoms with E-state index in [1.807, 2.05) is 0 Å². The van der Waals surface area contributed by atoms with E-state index < -0.39 is 10.0 Å². The second-order valence-electron chi connectivity index (χ2n) is 4.35. The van der Waals surface area contributed by atoms with Crippen LogP contribution in [0.15, 0.2) is 29.6 Å². The van der Waals surface area contributed by atoms with E-state index >= 15 is 0 Å². The second kappa shape index (κ2) is 6.12. The third kappa shape index (κ3) is 3.21. The fourth-order valence-corrected chi connectivity index (χ4v) is 3.00. The first kappa shape index (κ1) is 14.6. The molecule has 0 unspecified atom stereocenters. The van der Waals surface area contributed by atoms with Crippen LogP contribution in [0.3, 0.4) is 0 Å². The Bertz CT molecular complexity index is 666. The molecule has 0 aliphatic heterocycles. The molecule has 0 aliphatic rings. The number of nitrogens with one attached hydrogen (secondary N) is 3. The zero-order chi connectivity index (χ0) is 14.6. The molecule has 2 heterocycles. The Morgan fingerprint density at radius 2 is 2.15 bits per heavy atom. The van der Waals surface area contributed by atoms with Gasteiger partial charge in [0, 0.05) is 36.7 Å². The van der Waals surface area contributed by atoms with Crippen molar-refractivity contribution < 1.29 is 8.42 Å². The van der Waals surface area contributed by atoms with Gasteiger partial charge in [0.1, 0.15) is 0 Å². The average Bonchev–Trinajstić information content (AvgIpc) is 2.81. The fraction of sp³-hybridized carbons (Fsp3) is 0.333. The Morgan fingerprint density at radius 1 is 1.35 bits per heavy atom. The number of hydrogen-bond acceptors (Lipinski definition) is 5. The highest BCUT2D eigenvalue weighted by molar-refractivity contribution is 7.89. The summed E-state index contributed by atoms with van der Waals surface area (Å²) in [7, 11) is -1.89. The van der Waals surface area contributed by atoms with Gasteiger partial charge in [-0.25, -0.2) is 13.1 Å². The maximum absolute atomic E-state index is 12.3. The van der Waals surface area contributed by atoms with E-state index in [1.165, 1.54) is 0 Å². The van der Waals surface area contributed by atoms with Crippen molar-refractivity contribution in [1.82, 2.24) is 25.2 Å². The molecule has 0 atom stereocenters. The number of H-pyrrole nitrogens is 1. The second-order valence-corrected chi connectivity index (χ2v) is 6.03. The summed E-state index contributed by atoms with van der Waals surface area (Å²) in [5, 5.41) is 9.56. The van der Waals surface area contributed by atoms with Gasteiger partial charge in [-0.05, 0) is 25.6 Å². The van der Waals surface area contributed by atoms with Crippen LogP contribution in [0.1, 0.15) is 16.8 Å². The number of aromatic amines is 1. The van der Waals surface area contributed by atoms with Crippen LogP contribution in [-0.4, -0.2) is 30.6 Å². The summed E-state index contributed by atoms with van der Waals surface area (Å²) in [5.41, 5.74) is 2.17. The van der Waals surface area contributed by atoms with Crippen molar-refractivity contribution in [2.45, 2.75) is 25.0 Å². The number of pyridine rings is 1. The summed E-state index contributed by atoms with van der Waals surface area (Å²) >= 11 is 0. The van der Waals surface area contributed by atoms with Gasteiger partial charge in [-0.2, -0.15) is 5.10 Å². The van der Waals surface area contributed by atoms with Crippen LogP contribution in [0.4, 0.5) is 0 Å².